The van der Waals surface area contributed by atoms with Crippen LogP contribution in [-0.2, 0) is 0 Å². The van der Waals surface area contributed by atoms with E-state index in [0.29, 0.717) is 17.6 Å². The van der Waals surface area contributed by atoms with Crippen molar-refractivity contribution < 1.29 is 9.13 Å². The van der Waals surface area contributed by atoms with Crippen LogP contribution in [-0.4, -0.2) is 18.2 Å². The maximum Gasteiger partial charge on any atom is 0.131 e. The molecule has 0 aromatic heterocycles. The van der Waals surface area contributed by atoms with Gasteiger partial charge in [-0.1, -0.05) is 30.3 Å². The molecule has 22 heavy (non-hydrogen) atoms. The Labute approximate surface area is 130 Å². The summed E-state index contributed by atoms with van der Waals surface area (Å²) in [5.41, 5.74) is 1.49. The minimum absolute atomic E-state index is 0.205. The highest BCUT2D eigenvalue weighted by Gasteiger charge is 2.34. The Balaban J connectivity index is 1.55. The van der Waals surface area contributed by atoms with Crippen molar-refractivity contribution in [1.82, 2.24) is 5.32 Å². The summed E-state index contributed by atoms with van der Waals surface area (Å²) in [5, 5.41) is 3.61. The molecular formula is C19H20FNO. The highest BCUT2D eigenvalue weighted by molar-refractivity contribution is 5.65. The average Bonchev–Trinajstić information content (AvgIpc) is 2.89. The molecule has 2 aromatic carbocycles. The van der Waals surface area contributed by atoms with Gasteiger partial charge >= 0.3 is 0 Å². The minimum atomic E-state index is -0.205. The lowest BCUT2D eigenvalue weighted by molar-refractivity contribution is 0.137. The summed E-state index contributed by atoms with van der Waals surface area (Å²) in [5.74, 6) is 0.565. The first-order chi connectivity index (χ1) is 10.8. The van der Waals surface area contributed by atoms with Crippen molar-refractivity contribution in [3.8, 4) is 16.9 Å². The van der Waals surface area contributed by atoms with E-state index >= 15 is 0 Å². The predicted molar refractivity (Wildman–Crippen MR) is 85.4 cm³/mol. The normalized spacial score (nSPS) is 26.9. The number of ether oxygens (including phenoxy) is 1. The molecule has 0 amide bonds. The monoisotopic (exact) mass is 297 g/mol. The van der Waals surface area contributed by atoms with Crippen molar-refractivity contribution in [2.75, 3.05) is 0 Å². The molecule has 0 aliphatic carbocycles. The summed E-state index contributed by atoms with van der Waals surface area (Å²) in [6.45, 7) is 0. The van der Waals surface area contributed by atoms with E-state index in [4.69, 9.17) is 4.74 Å². The van der Waals surface area contributed by atoms with E-state index in [1.807, 2.05) is 36.4 Å². The maximum absolute atomic E-state index is 14.1. The molecule has 2 aliphatic heterocycles. The predicted octanol–water partition coefficient (Wildman–Crippen LogP) is 4.15. The Morgan fingerprint density at radius 2 is 1.68 bits per heavy atom. The molecule has 4 rings (SSSR count). The Kier molecular flexibility index (Phi) is 3.59. The van der Waals surface area contributed by atoms with Crippen LogP contribution in [0.25, 0.3) is 11.1 Å². The fourth-order valence-corrected chi connectivity index (χ4v) is 3.71. The zero-order chi connectivity index (χ0) is 14.9. The standard InChI is InChI=1S/C19H20FNO/c20-19-9-8-16(12-18(19)13-4-2-1-3-5-13)22-17-10-14-6-7-15(11-17)21-14/h1-5,8-9,12,14-15,17,21H,6-7,10-11H2/t14-,15+,17?. The highest BCUT2D eigenvalue weighted by Crippen LogP contribution is 2.32. The zero-order valence-electron chi connectivity index (χ0n) is 12.5. The zero-order valence-corrected chi connectivity index (χ0v) is 12.5. The van der Waals surface area contributed by atoms with Gasteiger partial charge in [-0.15, -0.1) is 0 Å². The summed E-state index contributed by atoms with van der Waals surface area (Å²) in [6.07, 6.45) is 4.85. The van der Waals surface area contributed by atoms with Crippen LogP contribution in [0, 0.1) is 5.82 Å². The Morgan fingerprint density at radius 1 is 0.955 bits per heavy atom. The first-order valence-electron chi connectivity index (χ1n) is 8.05. The Bertz CT molecular complexity index is 646. The van der Waals surface area contributed by atoms with Gasteiger partial charge in [0.2, 0.25) is 0 Å². The highest BCUT2D eigenvalue weighted by atomic mass is 19.1. The molecule has 0 radical (unpaired) electrons. The van der Waals surface area contributed by atoms with Crippen LogP contribution in [0.3, 0.4) is 0 Å². The molecule has 3 atom stereocenters. The number of hydrogen-bond acceptors (Lipinski definition) is 2. The van der Waals surface area contributed by atoms with Crippen LogP contribution < -0.4 is 10.1 Å². The van der Waals surface area contributed by atoms with E-state index in [1.54, 1.807) is 6.07 Å². The number of nitrogens with one attached hydrogen (secondary N) is 1. The number of benzene rings is 2. The molecule has 0 spiro atoms. The second-order valence-corrected chi connectivity index (χ2v) is 6.36. The van der Waals surface area contributed by atoms with Crippen molar-refractivity contribution in [2.24, 2.45) is 0 Å². The molecule has 2 saturated heterocycles. The van der Waals surface area contributed by atoms with Crippen molar-refractivity contribution in [1.29, 1.82) is 0 Å². The maximum atomic E-state index is 14.1. The number of rotatable bonds is 3. The lowest BCUT2D eigenvalue weighted by Crippen LogP contribution is -2.42. The van der Waals surface area contributed by atoms with Crippen molar-refractivity contribution in [3.05, 3.63) is 54.3 Å². The van der Waals surface area contributed by atoms with Crippen LogP contribution in [0.1, 0.15) is 25.7 Å². The second kappa shape index (κ2) is 5.73. The molecule has 1 unspecified atom stereocenters. The first kappa shape index (κ1) is 13.8. The molecule has 2 aliphatic rings. The molecule has 2 heterocycles. The molecule has 2 bridgehead atoms. The summed E-state index contributed by atoms with van der Waals surface area (Å²) >= 11 is 0. The smallest absolute Gasteiger partial charge is 0.131 e. The van der Waals surface area contributed by atoms with Gasteiger partial charge < -0.3 is 10.1 Å². The molecule has 2 aromatic rings. The van der Waals surface area contributed by atoms with Gasteiger partial charge in [0.25, 0.3) is 0 Å². The topological polar surface area (TPSA) is 21.3 Å². The van der Waals surface area contributed by atoms with Gasteiger partial charge in [-0.25, -0.2) is 4.39 Å². The van der Waals surface area contributed by atoms with E-state index in [0.717, 1.165) is 24.2 Å². The van der Waals surface area contributed by atoms with Crippen molar-refractivity contribution in [2.45, 2.75) is 43.9 Å². The largest absolute Gasteiger partial charge is 0.490 e. The number of piperidine rings is 1. The fourth-order valence-electron chi connectivity index (χ4n) is 3.71. The number of fused-ring (bicyclic) bond motifs is 2. The molecular weight excluding hydrogens is 277 g/mol. The van der Waals surface area contributed by atoms with Gasteiger partial charge in [0.05, 0.1) is 0 Å². The third kappa shape index (κ3) is 2.73. The SMILES string of the molecule is Fc1ccc(OC2C[C@H]3CC[C@@H](C2)N3)cc1-c1ccccc1. The molecule has 2 fully saturated rings. The summed E-state index contributed by atoms with van der Waals surface area (Å²) in [6, 6.07) is 15.9. The second-order valence-electron chi connectivity index (χ2n) is 6.36. The van der Waals surface area contributed by atoms with Gasteiger partial charge in [-0.05, 0) is 49.4 Å². The van der Waals surface area contributed by atoms with E-state index in [-0.39, 0.29) is 11.9 Å². The van der Waals surface area contributed by atoms with Crippen LogP contribution in [0.15, 0.2) is 48.5 Å². The molecule has 2 nitrogen and oxygen atoms in total. The summed E-state index contributed by atoms with van der Waals surface area (Å²) < 4.78 is 20.2. The number of halogens is 1. The van der Waals surface area contributed by atoms with Gasteiger partial charge in [-0.3, -0.25) is 0 Å². The molecule has 114 valence electrons. The van der Waals surface area contributed by atoms with E-state index in [9.17, 15) is 4.39 Å². The molecule has 3 heteroatoms. The van der Waals surface area contributed by atoms with Crippen LogP contribution in [0.4, 0.5) is 4.39 Å². The Morgan fingerprint density at radius 3 is 2.41 bits per heavy atom. The lowest BCUT2D eigenvalue weighted by Gasteiger charge is -2.29. The van der Waals surface area contributed by atoms with E-state index in [2.05, 4.69) is 5.32 Å². The first-order valence-corrected chi connectivity index (χ1v) is 8.05. The van der Waals surface area contributed by atoms with Crippen LogP contribution in [0.5, 0.6) is 5.75 Å². The van der Waals surface area contributed by atoms with Gasteiger partial charge in [0, 0.05) is 17.6 Å². The minimum Gasteiger partial charge on any atom is -0.490 e. The Hall–Kier alpha value is -1.87. The van der Waals surface area contributed by atoms with Gasteiger partial charge in [-0.2, -0.15) is 0 Å². The van der Waals surface area contributed by atoms with Gasteiger partial charge in [0.1, 0.15) is 17.7 Å². The van der Waals surface area contributed by atoms with Crippen molar-refractivity contribution >= 4 is 0 Å². The average molecular weight is 297 g/mol. The summed E-state index contributed by atoms with van der Waals surface area (Å²) in [4.78, 5) is 0. The van der Waals surface area contributed by atoms with E-state index in [1.165, 1.54) is 18.9 Å². The van der Waals surface area contributed by atoms with Crippen molar-refractivity contribution in [3.63, 3.8) is 0 Å². The third-order valence-electron chi connectivity index (χ3n) is 4.76. The van der Waals surface area contributed by atoms with Crippen LogP contribution in [0.2, 0.25) is 0 Å². The molecule has 0 saturated carbocycles. The molecule has 1 N–H and O–H groups in total. The van der Waals surface area contributed by atoms with Gasteiger partial charge in [0.15, 0.2) is 0 Å². The fraction of sp³-hybridized carbons (Fsp3) is 0.368. The summed E-state index contributed by atoms with van der Waals surface area (Å²) in [7, 11) is 0. The van der Waals surface area contributed by atoms with Crippen LogP contribution >= 0.6 is 0 Å². The quantitative estimate of drug-likeness (QED) is 0.918. The third-order valence-corrected chi connectivity index (χ3v) is 4.76. The lowest BCUT2D eigenvalue weighted by atomic mass is 10.0. The van der Waals surface area contributed by atoms with E-state index < -0.39 is 0 Å². The number of hydrogen-bond donors (Lipinski definition) is 1.